The summed E-state index contributed by atoms with van der Waals surface area (Å²) in [6, 6.07) is 5.91. The standard InChI is InChI=1S/C17H27BCl2N2O2.CO2/c19-15-5-4-14(17(20)10-15)6-8-22-11-13(12-22)9-16(21)3-1-2-7-18(23)24;2-1-3/h4-5,10,13,16,23-24H,1-3,6-9,11-12,21H2;. The fourth-order valence-electron chi connectivity index (χ4n) is 3.29. The Bertz CT molecular complexity index is 595. The van der Waals surface area contributed by atoms with E-state index in [1.807, 2.05) is 12.1 Å². The van der Waals surface area contributed by atoms with Crippen molar-refractivity contribution < 1.29 is 19.6 Å². The van der Waals surface area contributed by atoms with Crippen LogP contribution in [-0.2, 0) is 16.0 Å². The molecule has 0 saturated carbocycles. The summed E-state index contributed by atoms with van der Waals surface area (Å²) in [4.78, 5) is 18.7. The van der Waals surface area contributed by atoms with Crippen molar-refractivity contribution >= 4 is 36.5 Å². The Morgan fingerprint density at radius 3 is 2.52 bits per heavy atom. The highest BCUT2D eigenvalue weighted by Gasteiger charge is 2.27. The zero-order valence-corrected chi connectivity index (χ0v) is 16.8. The lowest BCUT2D eigenvalue weighted by atomic mass is 9.82. The summed E-state index contributed by atoms with van der Waals surface area (Å²) < 4.78 is 0. The number of carbonyl (C=O) groups excluding carboxylic acids is 2. The van der Waals surface area contributed by atoms with Crippen molar-refractivity contribution in [1.29, 1.82) is 0 Å². The van der Waals surface area contributed by atoms with Crippen LogP contribution in [0.4, 0.5) is 0 Å². The average molecular weight is 417 g/mol. The molecule has 1 unspecified atom stereocenters. The highest BCUT2D eigenvalue weighted by molar-refractivity contribution is 6.40. The van der Waals surface area contributed by atoms with Crippen LogP contribution in [0, 0.1) is 5.92 Å². The van der Waals surface area contributed by atoms with Gasteiger partial charge in [0.25, 0.3) is 0 Å². The maximum absolute atomic E-state index is 8.81. The van der Waals surface area contributed by atoms with E-state index >= 15 is 0 Å². The quantitative estimate of drug-likeness (QED) is 0.399. The maximum atomic E-state index is 8.81. The largest absolute Gasteiger partial charge is 0.451 e. The topological polar surface area (TPSA) is 104 Å². The van der Waals surface area contributed by atoms with Crippen LogP contribution in [0.5, 0.6) is 0 Å². The molecule has 1 heterocycles. The van der Waals surface area contributed by atoms with Gasteiger partial charge >= 0.3 is 13.3 Å². The summed E-state index contributed by atoms with van der Waals surface area (Å²) >= 11 is 12.1. The SMILES string of the molecule is NC(CCCCB(O)O)CC1CN(CCc2ccc(Cl)cc2Cl)C1.O=C=O. The first kappa shape index (κ1) is 24.1. The van der Waals surface area contributed by atoms with Crippen LogP contribution in [0.1, 0.15) is 31.2 Å². The Morgan fingerprint density at radius 1 is 1.26 bits per heavy atom. The van der Waals surface area contributed by atoms with Gasteiger partial charge in [-0.25, -0.2) is 0 Å². The monoisotopic (exact) mass is 416 g/mol. The zero-order chi connectivity index (χ0) is 20.2. The van der Waals surface area contributed by atoms with Crippen molar-refractivity contribution in [2.75, 3.05) is 19.6 Å². The summed E-state index contributed by atoms with van der Waals surface area (Å²) in [5.74, 6) is 0.684. The first-order chi connectivity index (χ1) is 12.8. The molecule has 1 saturated heterocycles. The molecule has 1 aliphatic rings. The molecule has 0 amide bonds. The lowest BCUT2D eigenvalue weighted by molar-refractivity contribution is -0.191. The number of rotatable bonds is 10. The van der Waals surface area contributed by atoms with Gasteiger partial charge in [-0.05, 0) is 49.2 Å². The smallest absolute Gasteiger partial charge is 0.427 e. The molecule has 27 heavy (non-hydrogen) atoms. The van der Waals surface area contributed by atoms with Crippen molar-refractivity contribution in [1.82, 2.24) is 4.90 Å². The van der Waals surface area contributed by atoms with Gasteiger partial charge in [0.1, 0.15) is 0 Å². The van der Waals surface area contributed by atoms with Gasteiger partial charge in [0, 0.05) is 35.7 Å². The average Bonchev–Trinajstić information content (AvgIpc) is 2.55. The van der Waals surface area contributed by atoms with Crippen molar-refractivity contribution in [2.45, 2.75) is 44.5 Å². The molecule has 4 N–H and O–H groups in total. The van der Waals surface area contributed by atoms with E-state index in [0.717, 1.165) is 62.3 Å². The second-order valence-electron chi connectivity index (χ2n) is 6.96. The minimum Gasteiger partial charge on any atom is -0.427 e. The first-order valence-electron chi connectivity index (χ1n) is 9.13. The summed E-state index contributed by atoms with van der Waals surface area (Å²) in [5, 5.41) is 19.0. The second kappa shape index (κ2) is 13.3. The van der Waals surface area contributed by atoms with Gasteiger partial charge in [-0.2, -0.15) is 9.59 Å². The van der Waals surface area contributed by atoms with Crippen LogP contribution in [0.3, 0.4) is 0 Å². The minimum absolute atomic E-state index is 0.221. The molecule has 1 aliphatic heterocycles. The summed E-state index contributed by atoms with van der Waals surface area (Å²) in [6.45, 7) is 3.23. The Hall–Kier alpha value is -0.915. The second-order valence-corrected chi connectivity index (χ2v) is 7.80. The third-order valence-electron chi connectivity index (χ3n) is 4.67. The van der Waals surface area contributed by atoms with Gasteiger partial charge in [0.05, 0.1) is 0 Å². The van der Waals surface area contributed by atoms with Gasteiger partial charge in [0.2, 0.25) is 0 Å². The van der Waals surface area contributed by atoms with E-state index in [1.54, 1.807) is 6.07 Å². The molecule has 1 aromatic carbocycles. The molecule has 1 fully saturated rings. The lowest BCUT2D eigenvalue weighted by Gasteiger charge is -2.40. The predicted molar refractivity (Wildman–Crippen MR) is 107 cm³/mol. The molecule has 0 spiro atoms. The molecule has 0 aromatic heterocycles. The van der Waals surface area contributed by atoms with Crippen molar-refractivity contribution in [2.24, 2.45) is 11.7 Å². The van der Waals surface area contributed by atoms with E-state index in [2.05, 4.69) is 4.90 Å². The Labute approximate surface area is 170 Å². The van der Waals surface area contributed by atoms with Crippen LogP contribution >= 0.6 is 23.2 Å². The van der Waals surface area contributed by atoms with Crippen LogP contribution in [0.2, 0.25) is 16.4 Å². The number of hydrogen-bond donors (Lipinski definition) is 3. The molecular weight excluding hydrogens is 390 g/mol. The Balaban J connectivity index is 0.00000114. The molecule has 9 heteroatoms. The number of halogens is 2. The van der Waals surface area contributed by atoms with Crippen LogP contribution in [0.15, 0.2) is 18.2 Å². The molecule has 1 aromatic rings. The molecule has 6 nitrogen and oxygen atoms in total. The van der Waals surface area contributed by atoms with E-state index in [0.29, 0.717) is 17.3 Å². The van der Waals surface area contributed by atoms with Gasteiger partial charge in [-0.15, -0.1) is 0 Å². The molecule has 1 atom stereocenters. The van der Waals surface area contributed by atoms with E-state index < -0.39 is 7.12 Å². The zero-order valence-electron chi connectivity index (χ0n) is 15.3. The summed E-state index contributed by atoms with van der Waals surface area (Å²) in [6.07, 6.45) is 5.44. The molecule has 0 aliphatic carbocycles. The highest BCUT2D eigenvalue weighted by Crippen LogP contribution is 2.25. The fraction of sp³-hybridized carbons (Fsp3) is 0.611. The van der Waals surface area contributed by atoms with Gasteiger partial charge in [-0.1, -0.05) is 42.1 Å². The summed E-state index contributed by atoms with van der Waals surface area (Å²) in [7, 11) is -1.18. The number of nitrogens with zero attached hydrogens (tertiary/aromatic N) is 1. The normalized spacial score (nSPS) is 15.3. The molecular formula is C18H27BCl2N2O4. The van der Waals surface area contributed by atoms with Crippen molar-refractivity contribution in [3.8, 4) is 0 Å². The molecule has 2 rings (SSSR count). The maximum Gasteiger partial charge on any atom is 0.451 e. The first-order valence-corrected chi connectivity index (χ1v) is 9.88. The fourth-order valence-corrected chi connectivity index (χ4v) is 3.79. The summed E-state index contributed by atoms with van der Waals surface area (Å²) in [5.41, 5.74) is 7.32. The number of likely N-dealkylation sites (tertiary alicyclic amines) is 1. The molecule has 0 bridgehead atoms. The number of nitrogens with two attached hydrogens (primary N) is 1. The van der Waals surface area contributed by atoms with Gasteiger partial charge in [-0.3, -0.25) is 0 Å². The molecule has 150 valence electrons. The van der Waals surface area contributed by atoms with E-state index in [1.165, 1.54) is 0 Å². The van der Waals surface area contributed by atoms with Crippen LogP contribution in [0.25, 0.3) is 0 Å². The van der Waals surface area contributed by atoms with Crippen molar-refractivity contribution in [3.05, 3.63) is 33.8 Å². The van der Waals surface area contributed by atoms with E-state index in [-0.39, 0.29) is 12.2 Å². The lowest BCUT2D eigenvalue weighted by Crippen LogP contribution is -2.49. The van der Waals surface area contributed by atoms with Gasteiger partial charge < -0.3 is 20.7 Å². The Morgan fingerprint density at radius 2 is 1.93 bits per heavy atom. The minimum atomic E-state index is -1.18. The van der Waals surface area contributed by atoms with Crippen LogP contribution in [-0.4, -0.2) is 53.9 Å². The number of benzene rings is 1. The van der Waals surface area contributed by atoms with E-state index in [9.17, 15) is 0 Å². The van der Waals surface area contributed by atoms with E-state index in [4.69, 9.17) is 48.6 Å². The highest BCUT2D eigenvalue weighted by atomic mass is 35.5. The third kappa shape index (κ3) is 10.3. The predicted octanol–water partition coefficient (Wildman–Crippen LogP) is 2.24. The number of unbranched alkanes of at least 4 members (excludes halogenated alkanes) is 1. The molecule has 0 radical (unpaired) electrons. The third-order valence-corrected chi connectivity index (χ3v) is 5.26. The van der Waals surface area contributed by atoms with Gasteiger partial charge in [0.15, 0.2) is 0 Å². The van der Waals surface area contributed by atoms with Crippen LogP contribution < -0.4 is 5.73 Å². The number of hydrogen-bond acceptors (Lipinski definition) is 6. The van der Waals surface area contributed by atoms with Crippen molar-refractivity contribution in [3.63, 3.8) is 0 Å². The Kier molecular flexibility index (Phi) is 11.9.